The number of rotatable bonds is 11. The first-order valence-electron chi connectivity index (χ1n) is 14.0. The van der Waals surface area contributed by atoms with Crippen LogP contribution < -0.4 is 24.3 Å². The molecule has 5 aromatic rings. The highest BCUT2D eigenvalue weighted by molar-refractivity contribution is 6.08. The first-order chi connectivity index (χ1) is 21.8. The molecule has 230 valence electrons. The number of amides is 1. The van der Waals surface area contributed by atoms with Crippen molar-refractivity contribution in [2.24, 2.45) is 0 Å². The normalized spacial score (nSPS) is 11.5. The molecule has 1 unspecified atom stereocenters. The van der Waals surface area contributed by atoms with Crippen LogP contribution in [0.2, 0.25) is 0 Å². The lowest BCUT2D eigenvalue weighted by Gasteiger charge is -2.18. The summed E-state index contributed by atoms with van der Waals surface area (Å²) in [6.07, 6.45) is 1.97. The zero-order valence-electron chi connectivity index (χ0n) is 25.5. The van der Waals surface area contributed by atoms with Gasteiger partial charge in [0.2, 0.25) is 5.75 Å². The van der Waals surface area contributed by atoms with E-state index in [0.717, 1.165) is 16.5 Å². The number of esters is 1. The third-order valence-corrected chi connectivity index (χ3v) is 7.55. The molecule has 0 aliphatic heterocycles. The number of nitrogens with zero attached hydrogens (tertiary/aromatic N) is 3. The summed E-state index contributed by atoms with van der Waals surface area (Å²) in [5.41, 5.74) is 3.52. The fraction of sp³-hybridized carbons (Fsp3) is 0.235. The largest absolute Gasteiger partial charge is 0.497 e. The predicted octanol–water partition coefficient (Wildman–Crippen LogP) is 4.93. The molecule has 0 aliphatic carbocycles. The van der Waals surface area contributed by atoms with Crippen molar-refractivity contribution in [2.75, 3.05) is 35.5 Å². The number of hydrogen-bond acceptors (Lipinski definition) is 9. The number of nitrogens with one attached hydrogen (secondary N) is 1. The number of ether oxygens (including phenoxy) is 5. The van der Waals surface area contributed by atoms with Gasteiger partial charge in [-0.05, 0) is 48.0 Å². The number of para-hydroxylation sites is 1. The van der Waals surface area contributed by atoms with E-state index in [1.54, 1.807) is 36.4 Å². The number of nitriles is 1. The van der Waals surface area contributed by atoms with Crippen molar-refractivity contribution < 1.29 is 33.3 Å². The second kappa shape index (κ2) is 13.3. The van der Waals surface area contributed by atoms with E-state index in [1.165, 1.54) is 35.5 Å². The summed E-state index contributed by atoms with van der Waals surface area (Å²) in [6, 6.07) is 19.1. The van der Waals surface area contributed by atoms with Gasteiger partial charge < -0.3 is 33.6 Å². The van der Waals surface area contributed by atoms with Crippen molar-refractivity contribution in [2.45, 2.75) is 19.0 Å². The number of carbonyl (C=O) groups is 2. The predicted molar refractivity (Wildman–Crippen MR) is 168 cm³/mol. The molecule has 11 nitrogen and oxygen atoms in total. The van der Waals surface area contributed by atoms with Gasteiger partial charge in [0.1, 0.15) is 18.3 Å². The highest BCUT2D eigenvalue weighted by Crippen LogP contribution is 2.41. The lowest BCUT2D eigenvalue weighted by atomic mass is 10.0. The van der Waals surface area contributed by atoms with Crippen molar-refractivity contribution in [1.82, 2.24) is 14.9 Å². The van der Waals surface area contributed by atoms with Crippen LogP contribution in [0, 0.1) is 11.3 Å². The number of hydrogen-bond donors (Lipinski definition) is 1. The monoisotopic (exact) mass is 608 g/mol. The summed E-state index contributed by atoms with van der Waals surface area (Å²) in [5, 5.41) is 13.6. The van der Waals surface area contributed by atoms with Crippen LogP contribution in [0.5, 0.6) is 23.0 Å². The molecule has 45 heavy (non-hydrogen) atoms. The topological polar surface area (TPSA) is 134 Å². The SMILES string of the molecule is COC(=O)C(Cc1cn(CC#N)c2ccccc12)NC(=O)c1cc(-c2cc(OC)c(OC)c(OC)c2)nc2ccc(OC)cc12. The Balaban J connectivity index is 1.59. The van der Waals surface area contributed by atoms with Crippen molar-refractivity contribution in [3.8, 4) is 40.3 Å². The van der Waals surface area contributed by atoms with E-state index in [9.17, 15) is 14.9 Å². The Hall–Kier alpha value is -5.76. The average Bonchev–Trinajstić information content (AvgIpc) is 3.42. The van der Waals surface area contributed by atoms with Gasteiger partial charge in [-0.25, -0.2) is 9.78 Å². The van der Waals surface area contributed by atoms with Gasteiger partial charge in [-0.15, -0.1) is 0 Å². The Morgan fingerprint density at radius 2 is 1.64 bits per heavy atom. The van der Waals surface area contributed by atoms with E-state index in [1.807, 2.05) is 35.0 Å². The molecule has 3 aromatic carbocycles. The third-order valence-electron chi connectivity index (χ3n) is 7.55. The standard InChI is InChI=1S/C34H32N4O7/c1-41-22-10-11-26-24(17-22)25(18-27(36-26)20-15-30(42-2)32(44-4)31(16-20)43-3)33(39)37-28(34(40)45-5)14-21-19-38(13-12-35)29-9-7-6-8-23(21)29/h6-11,15-19,28H,13-14H2,1-5H3,(H,37,39). The summed E-state index contributed by atoms with van der Waals surface area (Å²) in [5.74, 6) is 0.686. The second-order valence-corrected chi connectivity index (χ2v) is 10.1. The van der Waals surface area contributed by atoms with E-state index < -0.39 is 17.9 Å². The van der Waals surface area contributed by atoms with E-state index in [0.29, 0.717) is 45.2 Å². The lowest BCUT2D eigenvalue weighted by Crippen LogP contribution is -2.43. The Morgan fingerprint density at radius 1 is 0.911 bits per heavy atom. The van der Waals surface area contributed by atoms with Crippen LogP contribution in [0.25, 0.3) is 33.1 Å². The Morgan fingerprint density at radius 3 is 2.29 bits per heavy atom. The number of aromatic nitrogens is 2. The van der Waals surface area contributed by atoms with Gasteiger partial charge in [-0.3, -0.25) is 4.79 Å². The fourth-order valence-electron chi connectivity index (χ4n) is 5.38. The van der Waals surface area contributed by atoms with E-state index in [2.05, 4.69) is 11.4 Å². The molecule has 0 radical (unpaired) electrons. The summed E-state index contributed by atoms with van der Waals surface area (Å²) >= 11 is 0. The Bertz CT molecular complexity index is 1920. The molecule has 1 atom stereocenters. The van der Waals surface area contributed by atoms with Crippen LogP contribution in [0.4, 0.5) is 0 Å². The van der Waals surface area contributed by atoms with Gasteiger partial charge in [0, 0.05) is 34.5 Å². The van der Waals surface area contributed by atoms with Crippen LogP contribution in [0.3, 0.4) is 0 Å². The molecular formula is C34H32N4O7. The summed E-state index contributed by atoms with van der Waals surface area (Å²) in [6.45, 7) is 0.143. The van der Waals surface area contributed by atoms with Gasteiger partial charge in [-0.2, -0.15) is 5.26 Å². The van der Waals surface area contributed by atoms with Gasteiger partial charge in [-0.1, -0.05) is 18.2 Å². The molecule has 0 bridgehead atoms. The number of benzene rings is 3. The summed E-state index contributed by atoms with van der Waals surface area (Å²) in [4.78, 5) is 31.9. The van der Waals surface area contributed by atoms with E-state index >= 15 is 0 Å². The summed E-state index contributed by atoms with van der Waals surface area (Å²) in [7, 11) is 7.36. The molecule has 0 saturated carbocycles. The van der Waals surface area contributed by atoms with Crippen LogP contribution in [0.1, 0.15) is 15.9 Å². The quantitative estimate of drug-likeness (QED) is 0.207. The zero-order valence-corrected chi connectivity index (χ0v) is 25.5. The zero-order chi connectivity index (χ0) is 32.1. The van der Waals surface area contributed by atoms with Crippen molar-refractivity contribution in [1.29, 1.82) is 5.26 Å². The number of carbonyl (C=O) groups excluding carboxylic acids is 2. The minimum absolute atomic E-state index is 0.142. The lowest BCUT2D eigenvalue weighted by molar-refractivity contribution is -0.142. The minimum atomic E-state index is -1.03. The van der Waals surface area contributed by atoms with Crippen molar-refractivity contribution in [3.05, 3.63) is 78.0 Å². The molecule has 0 fully saturated rings. The maximum atomic E-state index is 14.1. The van der Waals surface area contributed by atoms with Gasteiger partial charge >= 0.3 is 5.97 Å². The highest BCUT2D eigenvalue weighted by atomic mass is 16.5. The first-order valence-corrected chi connectivity index (χ1v) is 14.0. The number of methoxy groups -OCH3 is 5. The average molecular weight is 609 g/mol. The molecule has 11 heteroatoms. The smallest absolute Gasteiger partial charge is 0.328 e. The highest BCUT2D eigenvalue weighted by Gasteiger charge is 2.26. The molecule has 1 N–H and O–H groups in total. The Labute approximate surface area is 259 Å². The van der Waals surface area contributed by atoms with Crippen LogP contribution in [-0.2, 0) is 22.5 Å². The minimum Gasteiger partial charge on any atom is -0.497 e. The van der Waals surface area contributed by atoms with Crippen LogP contribution >= 0.6 is 0 Å². The van der Waals surface area contributed by atoms with Crippen molar-refractivity contribution in [3.63, 3.8) is 0 Å². The third kappa shape index (κ3) is 6.03. The second-order valence-electron chi connectivity index (χ2n) is 10.1. The first kappa shape index (κ1) is 30.7. The molecule has 0 spiro atoms. The van der Waals surface area contributed by atoms with Crippen molar-refractivity contribution >= 4 is 33.7 Å². The molecule has 0 aliphatic rings. The summed E-state index contributed by atoms with van der Waals surface area (Å²) < 4.78 is 28.9. The molecule has 2 aromatic heterocycles. The van der Waals surface area contributed by atoms with Crippen LogP contribution in [0.15, 0.2) is 66.9 Å². The molecule has 1 amide bonds. The Kier molecular flexibility index (Phi) is 9.04. The maximum Gasteiger partial charge on any atom is 0.328 e. The van der Waals surface area contributed by atoms with Crippen LogP contribution in [-0.4, -0.2) is 63.0 Å². The fourth-order valence-corrected chi connectivity index (χ4v) is 5.38. The van der Waals surface area contributed by atoms with Gasteiger partial charge in [0.15, 0.2) is 11.5 Å². The van der Waals surface area contributed by atoms with E-state index in [-0.39, 0.29) is 18.5 Å². The molecular weight excluding hydrogens is 576 g/mol. The molecule has 5 rings (SSSR count). The maximum absolute atomic E-state index is 14.1. The van der Waals surface area contributed by atoms with E-state index in [4.69, 9.17) is 28.7 Å². The number of pyridine rings is 1. The molecule has 2 heterocycles. The van der Waals surface area contributed by atoms with Gasteiger partial charge in [0.25, 0.3) is 5.91 Å². The molecule has 0 saturated heterocycles. The number of fused-ring (bicyclic) bond motifs is 2. The van der Waals surface area contributed by atoms with Gasteiger partial charge in [0.05, 0.1) is 58.4 Å².